The lowest BCUT2D eigenvalue weighted by atomic mass is 10.1. The maximum absolute atomic E-state index is 12.3. The van der Waals surface area contributed by atoms with Crippen molar-refractivity contribution < 1.29 is 8.95 Å². The van der Waals surface area contributed by atoms with E-state index in [2.05, 4.69) is 25.7 Å². The van der Waals surface area contributed by atoms with E-state index in [0.29, 0.717) is 24.9 Å². The molecule has 1 aliphatic rings. The number of aryl methyl sites for hydroxylation is 1. The Labute approximate surface area is 161 Å². The molecular formula is C18H26N6O2S. The molecule has 0 amide bonds. The number of aliphatic imine (C=N–C) groups is 1. The fraction of sp³-hybridized carbons (Fsp3) is 0.500. The summed E-state index contributed by atoms with van der Waals surface area (Å²) in [6, 6.07) is 9.73. The molecule has 1 aliphatic heterocycles. The lowest BCUT2D eigenvalue weighted by Gasteiger charge is -2.25. The molecule has 0 radical (unpaired) electrons. The van der Waals surface area contributed by atoms with Gasteiger partial charge in [0.15, 0.2) is 11.8 Å². The Morgan fingerprint density at radius 3 is 2.96 bits per heavy atom. The van der Waals surface area contributed by atoms with Gasteiger partial charge in [-0.2, -0.15) is 5.10 Å². The minimum absolute atomic E-state index is 0.223. The summed E-state index contributed by atoms with van der Waals surface area (Å²) in [5.74, 6) is 2.97. The second kappa shape index (κ2) is 9.61. The van der Waals surface area contributed by atoms with Crippen LogP contribution in [0.4, 0.5) is 0 Å². The van der Waals surface area contributed by atoms with Gasteiger partial charge in [-0.3, -0.25) is 9.20 Å². The van der Waals surface area contributed by atoms with Crippen molar-refractivity contribution in [3.8, 4) is 0 Å². The maximum atomic E-state index is 12.3. The highest BCUT2D eigenvalue weighted by molar-refractivity contribution is 7.85. The van der Waals surface area contributed by atoms with Gasteiger partial charge in [0.25, 0.3) is 0 Å². The summed E-state index contributed by atoms with van der Waals surface area (Å²) < 4.78 is 19.3. The number of aromatic nitrogens is 3. The summed E-state index contributed by atoms with van der Waals surface area (Å²) in [7, 11) is 2.37. The van der Waals surface area contributed by atoms with E-state index >= 15 is 0 Å². The third-order valence-corrected chi connectivity index (χ3v) is 5.70. The number of rotatable bonds is 7. The molecule has 0 bridgehead atoms. The zero-order valence-corrected chi connectivity index (χ0v) is 16.5. The molecule has 146 valence electrons. The van der Waals surface area contributed by atoms with Gasteiger partial charge in [0, 0.05) is 43.8 Å². The van der Waals surface area contributed by atoms with Crippen LogP contribution in [0.3, 0.4) is 0 Å². The first-order valence-corrected chi connectivity index (χ1v) is 10.3. The fourth-order valence-electron chi connectivity index (χ4n) is 3.01. The quantitative estimate of drug-likeness (QED) is 0.534. The van der Waals surface area contributed by atoms with Crippen LogP contribution in [0.25, 0.3) is 0 Å². The maximum Gasteiger partial charge on any atom is 0.191 e. The number of nitrogens with zero attached hydrogens (tertiary/aromatic N) is 4. The van der Waals surface area contributed by atoms with E-state index in [9.17, 15) is 4.21 Å². The summed E-state index contributed by atoms with van der Waals surface area (Å²) in [5.41, 5.74) is 0. The molecule has 3 rings (SSSR count). The summed E-state index contributed by atoms with van der Waals surface area (Å²) in [4.78, 5) is 9.61. The van der Waals surface area contributed by atoms with Crippen LogP contribution < -0.4 is 10.6 Å². The number of fused-ring (bicyclic) bond motifs is 1. The van der Waals surface area contributed by atoms with E-state index in [1.54, 1.807) is 14.2 Å². The van der Waals surface area contributed by atoms with Crippen LogP contribution in [0.2, 0.25) is 0 Å². The minimum Gasteiger partial charge on any atom is -0.377 e. The van der Waals surface area contributed by atoms with Crippen molar-refractivity contribution in [3.05, 3.63) is 42.0 Å². The van der Waals surface area contributed by atoms with Crippen LogP contribution in [0.1, 0.15) is 18.1 Å². The molecule has 2 atom stereocenters. The Kier molecular flexibility index (Phi) is 6.94. The Morgan fingerprint density at radius 1 is 1.41 bits per heavy atom. The molecule has 0 aliphatic carbocycles. The first-order valence-electron chi connectivity index (χ1n) is 9.01. The SMILES string of the molecule is CN=C(NCCS(=O)c1ccccc1)NC1CCc2nc(COC)nn2C1. The van der Waals surface area contributed by atoms with Crippen LogP contribution in [0.5, 0.6) is 0 Å². The highest BCUT2D eigenvalue weighted by Gasteiger charge is 2.22. The number of hydrogen-bond acceptors (Lipinski definition) is 5. The average Bonchev–Trinajstić information content (AvgIpc) is 3.09. The molecular weight excluding hydrogens is 364 g/mol. The number of nitrogens with one attached hydrogen (secondary N) is 2. The van der Waals surface area contributed by atoms with Crippen LogP contribution >= 0.6 is 0 Å². The van der Waals surface area contributed by atoms with E-state index in [1.807, 2.05) is 35.0 Å². The highest BCUT2D eigenvalue weighted by Crippen LogP contribution is 2.13. The van der Waals surface area contributed by atoms with Crippen molar-refractivity contribution in [1.29, 1.82) is 0 Å². The van der Waals surface area contributed by atoms with Crippen LogP contribution in [0, 0.1) is 0 Å². The molecule has 2 aromatic rings. The Bertz CT molecular complexity index is 792. The van der Waals surface area contributed by atoms with Gasteiger partial charge >= 0.3 is 0 Å². The largest absolute Gasteiger partial charge is 0.377 e. The molecule has 0 saturated heterocycles. The Morgan fingerprint density at radius 2 is 2.22 bits per heavy atom. The second-order valence-electron chi connectivity index (χ2n) is 6.30. The predicted octanol–water partition coefficient (Wildman–Crippen LogP) is 0.712. The number of guanidine groups is 1. The number of ether oxygens (including phenoxy) is 1. The van der Waals surface area contributed by atoms with Crippen molar-refractivity contribution in [2.45, 2.75) is 36.9 Å². The summed E-state index contributed by atoms with van der Waals surface area (Å²) in [6.07, 6.45) is 1.82. The normalized spacial score (nSPS) is 18.0. The van der Waals surface area contributed by atoms with Gasteiger partial charge in [-0.25, -0.2) is 9.67 Å². The smallest absolute Gasteiger partial charge is 0.191 e. The highest BCUT2D eigenvalue weighted by atomic mass is 32.2. The van der Waals surface area contributed by atoms with E-state index in [4.69, 9.17) is 4.74 Å². The molecule has 0 fully saturated rings. The molecule has 9 heteroatoms. The molecule has 2 unspecified atom stereocenters. The lowest BCUT2D eigenvalue weighted by molar-refractivity contribution is 0.177. The van der Waals surface area contributed by atoms with Crippen molar-refractivity contribution in [2.24, 2.45) is 4.99 Å². The molecule has 0 saturated carbocycles. The topological polar surface area (TPSA) is 93.4 Å². The zero-order valence-electron chi connectivity index (χ0n) is 15.7. The van der Waals surface area contributed by atoms with Gasteiger partial charge in [0.05, 0.1) is 17.3 Å². The number of benzene rings is 1. The van der Waals surface area contributed by atoms with E-state index in [1.165, 1.54) is 0 Å². The van der Waals surface area contributed by atoms with Crippen molar-refractivity contribution in [1.82, 2.24) is 25.4 Å². The fourth-order valence-corrected chi connectivity index (χ4v) is 3.99. The summed E-state index contributed by atoms with van der Waals surface area (Å²) >= 11 is 0. The Hall–Kier alpha value is -2.26. The van der Waals surface area contributed by atoms with Crippen LogP contribution in [0.15, 0.2) is 40.2 Å². The lowest BCUT2D eigenvalue weighted by Crippen LogP contribution is -2.47. The van der Waals surface area contributed by atoms with Gasteiger partial charge in [-0.15, -0.1) is 0 Å². The van der Waals surface area contributed by atoms with E-state index < -0.39 is 10.8 Å². The van der Waals surface area contributed by atoms with Crippen molar-refractivity contribution in [2.75, 3.05) is 26.5 Å². The van der Waals surface area contributed by atoms with Gasteiger partial charge in [0.1, 0.15) is 12.4 Å². The van der Waals surface area contributed by atoms with E-state index in [-0.39, 0.29) is 6.04 Å². The van der Waals surface area contributed by atoms with Gasteiger partial charge < -0.3 is 15.4 Å². The zero-order chi connectivity index (χ0) is 19.1. The molecule has 27 heavy (non-hydrogen) atoms. The van der Waals surface area contributed by atoms with Gasteiger partial charge in [-0.05, 0) is 18.6 Å². The summed E-state index contributed by atoms with van der Waals surface area (Å²) in [6.45, 7) is 1.75. The predicted molar refractivity (Wildman–Crippen MR) is 105 cm³/mol. The van der Waals surface area contributed by atoms with E-state index in [0.717, 1.165) is 35.9 Å². The molecule has 2 heterocycles. The molecule has 1 aromatic heterocycles. The molecule has 0 spiro atoms. The van der Waals surface area contributed by atoms with Crippen LogP contribution in [-0.4, -0.2) is 57.4 Å². The van der Waals surface area contributed by atoms with Crippen molar-refractivity contribution >= 4 is 16.8 Å². The molecule has 2 N–H and O–H groups in total. The number of methoxy groups -OCH3 is 1. The Balaban J connectivity index is 1.47. The molecule has 1 aromatic carbocycles. The average molecular weight is 391 g/mol. The van der Waals surface area contributed by atoms with Crippen molar-refractivity contribution in [3.63, 3.8) is 0 Å². The number of hydrogen-bond donors (Lipinski definition) is 2. The second-order valence-corrected chi connectivity index (χ2v) is 7.87. The molecule has 8 nitrogen and oxygen atoms in total. The van der Waals surface area contributed by atoms with Gasteiger partial charge in [0.2, 0.25) is 0 Å². The minimum atomic E-state index is -1.02. The first kappa shape index (κ1) is 19.5. The standard InChI is InChI=1S/C18H26N6O2S/c1-19-18(20-10-11-27(25)15-6-4-3-5-7-15)21-14-8-9-17-22-16(13-26-2)23-24(17)12-14/h3-7,14H,8-13H2,1-2H3,(H2,19,20,21). The third kappa shape index (κ3) is 5.36. The monoisotopic (exact) mass is 390 g/mol. The van der Waals surface area contributed by atoms with Gasteiger partial charge in [-0.1, -0.05) is 18.2 Å². The summed E-state index contributed by atoms with van der Waals surface area (Å²) in [5, 5.41) is 11.2. The van der Waals surface area contributed by atoms with Crippen LogP contribution in [-0.2, 0) is 35.1 Å². The first-order chi connectivity index (χ1) is 13.2. The third-order valence-electron chi connectivity index (χ3n) is 4.33.